The van der Waals surface area contributed by atoms with Crippen LogP contribution in [0.15, 0.2) is 48.5 Å². The Hall–Kier alpha value is -3.19. The number of anilines is 1. The van der Waals surface area contributed by atoms with Crippen molar-refractivity contribution in [1.29, 1.82) is 0 Å². The van der Waals surface area contributed by atoms with E-state index in [4.69, 9.17) is 16.6 Å². The number of fused-ring (bicyclic) bond motifs is 3. The molecule has 1 amide bonds. The van der Waals surface area contributed by atoms with Crippen LogP contribution in [0.1, 0.15) is 33.6 Å². The van der Waals surface area contributed by atoms with Gasteiger partial charge in [0.15, 0.2) is 11.5 Å². The van der Waals surface area contributed by atoms with Crippen molar-refractivity contribution in [2.45, 2.75) is 33.6 Å². The van der Waals surface area contributed by atoms with Crippen molar-refractivity contribution in [3.05, 3.63) is 53.6 Å². The average molecular weight is 477 g/mol. The van der Waals surface area contributed by atoms with Crippen molar-refractivity contribution in [2.24, 2.45) is 5.41 Å². The van der Waals surface area contributed by atoms with Crippen molar-refractivity contribution in [3.63, 3.8) is 0 Å². The van der Waals surface area contributed by atoms with Gasteiger partial charge in [0.25, 0.3) is 0 Å². The van der Waals surface area contributed by atoms with E-state index in [0.717, 1.165) is 53.4 Å². The molecule has 0 spiro atoms. The van der Waals surface area contributed by atoms with Crippen LogP contribution >= 0.6 is 11.6 Å². The smallest absolute Gasteiger partial charge is 0.223 e. The summed E-state index contributed by atoms with van der Waals surface area (Å²) in [5.41, 5.74) is 2.55. The molecule has 2 aromatic carbocycles. The number of hydrogen-bond donors (Lipinski definition) is 0. The molecule has 0 bridgehead atoms. The maximum absolute atomic E-state index is 12.9. The van der Waals surface area contributed by atoms with Gasteiger partial charge in [-0.05, 0) is 48.2 Å². The molecular formula is C26H29ClN6O. The molecule has 0 unspecified atom stereocenters. The zero-order valence-electron chi connectivity index (χ0n) is 19.8. The molecule has 1 aliphatic rings. The molecule has 3 heterocycles. The van der Waals surface area contributed by atoms with Crippen LogP contribution in [0.3, 0.4) is 0 Å². The molecule has 0 radical (unpaired) electrons. The predicted molar refractivity (Wildman–Crippen MR) is 136 cm³/mol. The largest absolute Gasteiger partial charge is 0.341 e. The Labute approximate surface area is 204 Å². The topological polar surface area (TPSA) is 66.6 Å². The molecule has 0 atom stereocenters. The van der Waals surface area contributed by atoms with Crippen LogP contribution in [0, 0.1) is 5.41 Å². The highest BCUT2D eigenvalue weighted by molar-refractivity contribution is 6.30. The first-order valence-corrected chi connectivity index (χ1v) is 12.1. The van der Waals surface area contributed by atoms with E-state index in [9.17, 15) is 4.79 Å². The highest BCUT2D eigenvalue weighted by Gasteiger charge is 2.26. The summed E-state index contributed by atoms with van der Waals surface area (Å²) in [6.45, 7) is 9.25. The Morgan fingerprint density at radius 3 is 2.50 bits per heavy atom. The second kappa shape index (κ2) is 8.87. The van der Waals surface area contributed by atoms with Gasteiger partial charge >= 0.3 is 0 Å². The number of benzene rings is 2. The molecule has 7 nitrogen and oxygen atoms in total. The minimum Gasteiger partial charge on any atom is -0.341 e. The fourth-order valence-corrected chi connectivity index (χ4v) is 4.62. The third-order valence-electron chi connectivity index (χ3n) is 6.14. The quantitative estimate of drug-likeness (QED) is 0.413. The maximum Gasteiger partial charge on any atom is 0.223 e. The van der Waals surface area contributed by atoms with Gasteiger partial charge in [0, 0.05) is 48.6 Å². The van der Waals surface area contributed by atoms with Gasteiger partial charge in [-0.3, -0.25) is 4.79 Å². The highest BCUT2D eigenvalue weighted by atomic mass is 35.5. The van der Waals surface area contributed by atoms with Crippen molar-refractivity contribution in [3.8, 4) is 11.4 Å². The summed E-state index contributed by atoms with van der Waals surface area (Å²) < 4.78 is 2.04. The molecule has 0 aliphatic carbocycles. The summed E-state index contributed by atoms with van der Waals surface area (Å²) >= 11 is 6.12. The monoisotopic (exact) mass is 476 g/mol. The van der Waals surface area contributed by atoms with Crippen molar-refractivity contribution < 1.29 is 4.79 Å². The number of carbonyl (C=O) groups excluding carboxylic acids is 1. The third kappa shape index (κ3) is 4.44. The Kier molecular flexibility index (Phi) is 5.90. The van der Waals surface area contributed by atoms with Crippen molar-refractivity contribution in [1.82, 2.24) is 24.5 Å². The molecule has 1 fully saturated rings. The summed E-state index contributed by atoms with van der Waals surface area (Å²) in [4.78, 5) is 22.2. The van der Waals surface area contributed by atoms with E-state index < -0.39 is 0 Å². The van der Waals surface area contributed by atoms with E-state index in [1.165, 1.54) is 0 Å². The summed E-state index contributed by atoms with van der Waals surface area (Å²) in [5, 5.41) is 10.7. The number of rotatable bonds is 3. The van der Waals surface area contributed by atoms with Crippen LogP contribution in [0.5, 0.6) is 0 Å². The van der Waals surface area contributed by atoms with Crippen LogP contribution in [0.25, 0.3) is 27.9 Å². The van der Waals surface area contributed by atoms with Gasteiger partial charge in [-0.25, -0.2) is 9.38 Å². The first kappa shape index (κ1) is 22.6. The zero-order valence-corrected chi connectivity index (χ0v) is 20.6. The lowest BCUT2D eigenvalue weighted by molar-refractivity contribution is -0.132. The molecule has 8 heteroatoms. The van der Waals surface area contributed by atoms with Gasteiger partial charge in [0.05, 0.1) is 5.52 Å². The zero-order chi connectivity index (χ0) is 23.9. The standard InChI is InChI=1S/C26H29ClN6O/c1-26(2,3)17-22(34)31-13-6-14-32(16-15-31)25-28-21-8-5-4-7-20(21)24-30-29-23(33(24)25)18-9-11-19(27)12-10-18/h4-5,7-12H,6,13-17H2,1-3H3. The van der Waals surface area contributed by atoms with Crippen LogP contribution in [-0.2, 0) is 4.79 Å². The minimum atomic E-state index is -0.0227. The third-order valence-corrected chi connectivity index (χ3v) is 6.40. The molecule has 0 saturated carbocycles. The second-order valence-corrected chi connectivity index (χ2v) is 10.5. The van der Waals surface area contributed by atoms with Gasteiger partial charge in [-0.15, -0.1) is 10.2 Å². The van der Waals surface area contributed by atoms with Crippen molar-refractivity contribution in [2.75, 3.05) is 31.1 Å². The Morgan fingerprint density at radius 2 is 1.74 bits per heavy atom. The van der Waals surface area contributed by atoms with Crippen LogP contribution in [0.2, 0.25) is 5.02 Å². The molecule has 1 aliphatic heterocycles. The van der Waals surface area contributed by atoms with Gasteiger partial charge in [-0.2, -0.15) is 0 Å². The second-order valence-electron chi connectivity index (χ2n) is 10.1. The van der Waals surface area contributed by atoms with Gasteiger partial charge in [0.2, 0.25) is 11.9 Å². The highest BCUT2D eigenvalue weighted by Crippen LogP contribution is 2.30. The number of nitrogens with zero attached hydrogens (tertiary/aromatic N) is 6. The number of carbonyl (C=O) groups is 1. The molecule has 0 N–H and O–H groups in total. The van der Waals surface area contributed by atoms with Crippen LogP contribution in [-0.4, -0.2) is 56.6 Å². The Morgan fingerprint density at radius 1 is 0.971 bits per heavy atom. The number of halogens is 1. The summed E-state index contributed by atoms with van der Waals surface area (Å²) in [7, 11) is 0. The number of hydrogen-bond acceptors (Lipinski definition) is 5. The Bertz CT molecular complexity index is 1340. The SMILES string of the molecule is CC(C)(C)CC(=O)N1CCCN(c2nc3ccccc3c3nnc(-c4ccc(Cl)cc4)n23)CC1. The first-order chi connectivity index (χ1) is 16.3. The summed E-state index contributed by atoms with van der Waals surface area (Å²) in [6.07, 6.45) is 1.43. The summed E-state index contributed by atoms with van der Waals surface area (Å²) in [5.74, 6) is 1.75. The van der Waals surface area contributed by atoms with Crippen molar-refractivity contribution >= 4 is 40.0 Å². The summed E-state index contributed by atoms with van der Waals surface area (Å²) in [6, 6.07) is 15.6. The molecule has 5 rings (SSSR count). The van der Waals surface area contributed by atoms with E-state index in [0.29, 0.717) is 24.5 Å². The van der Waals surface area contributed by atoms with E-state index in [-0.39, 0.29) is 11.3 Å². The van der Waals surface area contributed by atoms with Gasteiger partial charge in [-0.1, -0.05) is 44.5 Å². The minimum absolute atomic E-state index is 0.0227. The fourth-order valence-electron chi connectivity index (χ4n) is 4.50. The van der Waals surface area contributed by atoms with Crippen LogP contribution in [0.4, 0.5) is 5.95 Å². The number of aromatic nitrogens is 4. The average Bonchev–Trinajstić information content (AvgIpc) is 3.09. The van der Waals surface area contributed by atoms with E-state index in [2.05, 4.69) is 35.9 Å². The lowest BCUT2D eigenvalue weighted by atomic mass is 9.91. The molecular weight excluding hydrogens is 448 g/mol. The number of para-hydroxylation sites is 1. The first-order valence-electron chi connectivity index (χ1n) is 11.7. The maximum atomic E-state index is 12.9. The normalized spacial score (nSPS) is 15.2. The van der Waals surface area contributed by atoms with Gasteiger partial charge < -0.3 is 9.80 Å². The molecule has 4 aromatic rings. The Balaban J connectivity index is 1.56. The molecule has 176 valence electrons. The van der Waals surface area contributed by atoms with Crippen LogP contribution < -0.4 is 4.90 Å². The van der Waals surface area contributed by atoms with E-state index in [1.54, 1.807) is 0 Å². The lowest BCUT2D eigenvalue weighted by Crippen LogP contribution is -2.37. The molecule has 2 aromatic heterocycles. The van der Waals surface area contributed by atoms with Gasteiger partial charge in [0.1, 0.15) is 0 Å². The number of amides is 1. The van der Waals surface area contributed by atoms with E-state index in [1.807, 2.05) is 57.8 Å². The predicted octanol–water partition coefficient (Wildman–Crippen LogP) is 5.07. The fraction of sp³-hybridized carbons (Fsp3) is 0.385. The van der Waals surface area contributed by atoms with E-state index >= 15 is 0 Å². The molecule has 34 heavy (non-hydrogen) atoms. The molecule has 1 saturated heterocycles. The lowest BCUT2D eigenvalue weighted by Gasteiger charge is -2.26.